The Balaban J connectivity index is 1.52. The molecule has 1 amide bonds. The summed E-state index contributed by atoms with van der Waals surface area (Å²) < 4.78 is 0. The van der Waals surface area contributed by atoms with Crippen molar-refractivity contribution in [1.29, 1.82) is 0 Å². The van der Waals surface area contributed by atoms with Crippen molar-refractivity contribution in [3.63, 3.8) is 0 Å². The number of carbonyl (C=O) groups is 1. The number of anilines is 2. The molecule has 0 N–H and O–H groups in total. The number of nitro benzene ring substituents is 1. The van der Waals surface area contributed by atoms with Crippen molar-refractivity contribution < 1.29 is 9.72 Å². The molecular formula is C25H30N4O3. The number of hydrogen-bond acceptors (Lipinski definition) is 5. The minimum atomic E-state index is -0.347. The number of carbonyl (C=O) groups excluding carboxylic acids is 1. The van der Waals surface area contributed by atoms with Crippen LogP contribution in [0.2, 0.25) is 0 Å². The number of likely N-dealkylation sites (tertiary alicyclic amines) is 1. The first-order valence-corrected chi connectivity index (χ1v) is 11.6. The second-order valence-electron chi connectivity index (χ2n) is 9.47. The number of amides is 1. The van der Waals surface area contributed by atoms with Gasteiger partial charge in [0, 0.05) is 48.9 Å². The minimum absolute atomic E-state index is 0.0287. The van der Waals surface area contributed by atoms with Crippen LogP contribution in [0.15, 0.2) is 36.4 Å². The number of hydrogen-bond donors (Lipinski definition) is 0. The van der Waals surface area contributed by atoms with Gasteiger partial charge in [0.15, 0.2) is 0 Å². The van der Waals surface area contributed by atoms with Gasteiger partial charge in [-0.2, -0.15) is 0 Å². The number of benzene rings is 2. The standard InChI is InChI=1S/C25H30N4O3/c1-17-6-8-21-19(14-17)20-16-26(2)13-10-22(20)28(21)25(30)18-7-9-23(24(15-18)29(31)32)27-11-4-3-5-12-27/h6-9,14-15,20,22H,3-5,10-13,16H2,1-2H3. The molecule has 2 aromatic rings. The normalized spacial score (nSPS) is 23.1. The summed E-state index contributed by atoms with van der Waals surface area (Å²) in [5.41, 5.74) is 4.40. The van der Waals surface area contributed by atoms with Gasteiger partial charge in [0.2, 0.25) is 0 Å². The van der Waals surface area contributed by atoms with Crippen LogP contribution in [0.4, 0.5) is 17.1 Å². The fourth-order valence-electron chi connectivity index (χ4n) is 5.69. The molecule has 3 aliphatic rings. The average molecular weight is 435 g/mol. The molecule has 168 valence electrons. The Labute approximate surface area is 188 Å². The van der Waals surface area contributed by atoms with Gasteiger partial charge in [-0.15, -0.1) is 0 Å². The summed E-state index contributed by atoms with van der Waals surface area (Å²) >= 11 is 0. The second kappa shape index (κ2) is 8.20. The molecule has 0 aliphatic carbocycles. The van der Waals surface area contributed by atoms with E-state index in [1.165, 1.54) is 17.2 Å². The number of rotatable bonds is 3. The Hall–Kier alpha value is -2.93. The molecule has 32 heavy (non-hydrogen) atoms. The van der Waals surface area contributed by atoms with Crippen molar-refractivity contribution in [3.05, 3.63) is 63.2 Å². The van der Waals surface area contributed by atoms with E-state index in [1.54, 1.807) is 12.1 Å². The van der Waals surface area contributed by atoms with Gasteiger partial charge in [0.25, 0.3) is 11.6 Å². The first kappa shape index (κ1) is 20.9. The predicted octanol–water partition coefficient (Wildman–Crippen LogP) is 4.34. The van der Waals surface area contributed by atoms with Crippen LogP contribution in [-0.4, -0.2) is 55.0 Å². The second-order valence-corrected chi connectivity index (χ2v) is 9.47. The topological polar surface area (TPSA) is 69.9 Å². The van der Waals surface area contributed by atoms with Crippen molar-refractivity contribution in [3.8, 4) is 0 Å². The van der Waals surface area contributed by atoms with Gasteiger partial charge in [-0.25, -0.2) is 0 Å². The number of piperidine rings is 2. The number of fused-ring (bicyclic) bond motifs is 3. The molecule has 3 heterocycles. The minimum Gasteiger partial charge on any atom is -0.366 e. The lowest BCUT2D eigenvalue weighted by Crippen LogP contribution is -2.47. The highest BCUT2D eigenvalue weighted by Gasteiger charge is 2.44. The molecule has 0 saturated carbocycles. The van der Waals surface area contributed by atoms with Crippen LogP contribution in [0.3, 0.4) is 0 Å². The van der Waals surface area contributed by atoms with Gasteiger partial charge in [-0.1, -0.05) is 17.7 Å². The van der Waals surface area contributed by atoms with Gasteiger partial charge in [-0.3, -0.25) is 14.9 Å². The van der Waals surface area contributed by atoms with Crippen LogP contribution < -0.4 is 9.80 Å². The highest BCUT2D eigenvalue weighted by molar-refractivity contribution is 6.09. The Morgan fingerprint density at radius 3 is 2.53 bits per heavy atom. The molecule has 0 bridgehead atoms. The summed E-state index contributed by atoms with van der Waals surface area (Å²) in [5.74, 6) is 0.135. The molecule has 2 atom stereocenters. The third-order valence-electron chi connectivity index (χ3n) is 7.29. The van der Waals surface area contributed by atoms with Gasteiger partial charge in [-0.05, 0) is 70.0 Å². The fourth-order valence-corrected chi connectivity index (χ4v) is 5.69. The summed E-state index contributed by atoms with van der Waals surface area (Å²) in [4.78, 5) is 31.6. The third kappa shape index (κ3) is 3.54. The Morgan fingerprint density at radius 2 is 1.78 bits per heavy atom. The molecule has 7 nitrogen and oxygen atoms in total. The Kier molecular flexibility index (Phi) is 5.37. The van der Waals surface area contributed by atoms with Crippen molar-refractivity contribution in [2.75, 3.05) is 43.0 Å². The van der Waals surface area contributed by atoms with Gasteiger partial charge < -0.3 is 14.7 Å². The molecule has 0 radical (unpaired) electrons. The maximum atomic E-state index is 13.8. The number of nitro groups is 1. The van der Waals surface area contributed by atoms with Crippen LogP contribution in [-0.2, 0) is 0 Å². The maximum Gasteiger partial charge on any atom is 0.293 e. The van der Waals surface area contributed by atoms with E-state index in [4.69, 9.17) is 0 Å². The highest BCUT2D eigenvalue weighted by atomic mass is 16.6. The van der Waals surface area contributed by atoms with Gasteiger partial charge >= 0.3 is 0 Å². The Morgan fingerprint density at radius 1 is 1.03 bits per heavy atom. The zero-order valence-electron chi connectivity index (χ0n) is 18.8. The largest absolute Gasteiger partial charge is 0.366 e. The molecule has 2 unspecified atom stereocenters. The van der Waals surface area contributed by atoms with E-state index in [0.717, 1.165) is 57.5 Å². The van der Waals surface area contributed by atoms with Gasteiger partial charge in [0.05, 0.1) is 4.92 Å². The molecule has 3 aliphatic heterocycles. The molecular weight excluding hydrogens is 404 g/mol. The summed E-state index contributed by atoms with van der Waals surface area (Å²) in [5, 5.41) is 11.9. The molecule has 2 saturated heterocycles. The summed E-state index contributed by atoms with van der Waals surface area (Å²) in [7, 11) is 2.12. The van der Waals surface area contributed by atoms with E-state index in [-0.39, 0.29) is 28.5 Å². The smallest absolute Gasteiger partial charge is 0.293 e. The molecule has 7 heteroatoms. The average Bonchev–Trinajstić information content (AvgIpc) is 3.11. The number of likely N-dealkylation sites (N-methyl/N-ethyl adjacent to an activating group) is 1. The van der Waals surface area contributed by atoms with Crippen LogP contribution in [0.25, 0.3) is 0 Å². The van der Waals surface area contributed by atoms with Crippen LogP contribution in [0, 0.1) is 17.0 Å². The van der Waals surface area contributed by atoms with E-state index in [1.807, 2.05) is 17.0 Å². The van der Waals surface area contributed by atoms with E-state index < -0.39 is 0 Å². The number of aryl methyl sites for hydroxylation is 1. The summed E-state index contributed by atoms with van der Waals surface area (Å²) in [6.07, 6.45) is 4.14. The van der Waals surface area contributed by atoms with E-state index in [0.29, 0.717) is 11.3 Å². The third-order valence-corrected chi connectivity index (χ3v) is 7.29. The lowest BCUT2D eigenvalue weighted by Gasteiger charge is -2.36. The zero-order valence-corrected chi connectivity index (χ0v) is 18.8. The Bertz CT molecular complexity index is 1060. The lowest BCUT2D eigenvalue weighted by atomic mass is 9.88. The maximum absolute atomic E-state index is 13.8. The van der Waals surface area contributed by atoms with Crippen LogP contribution in [0.5, 0.6) is 0 Å². The molecule has 2 fully saturated rings. The van der Waals surface area contributed by atoms with E-state index in [9.17, 15) is 14.9 Å². The molecule has 5 rings (SSSR count). The summed E-state index contributed by atoms with van der Waals surface area (Å²) in [6.45, 7) is 5.58. The highest BCUT2D eigenvalue weighted by Crippen LogP contribution is 2.46. The van der Waals surface area contributed by atoms with Crippen LogP contribution >= 0.6 is 0 Å². The van der Waals surface area contributed by atoms with E-state index in [2.05, 4.69) is 29.8 Å². The fraction of sp³-hybridized carbons (Fsp3) is 0.480. The first-order valence-electron chi connectivity index (χ1n) is 11.6. The van der Waals surface area contributed by atoms with Crippen LogP contribution in [0.1, 0.15) is 53.1 Å². The van der Waals surface area contributed by atoms with Crippen molar-refractivity contribution in [2.45, 2.75) is 44.6 Å². The first-order chi connectivity index (χ1) is 15.4. The zero-order chi connectivity index (χ0) is 22.4. The lowest BCUT2D eigenvalue weighted by molar-refractivity contribution is -0.384. The molecule has 0 spiro atoms. The van der Waals surface area contributed by atoms with Crippen molar-refractivity contribution in [1.82, 2.24) is 4.90 Å². The monoisotopic (exact) mass is 434 g/mol. The molecule has 0 aromatic heterocycles. The summed E-state index contributed by atoms with van der Waals surface area (Å²) in [6, 6.07) is 11.4. The quantitative estimate of drug-likeness (QED) is 0.531. The van der Waals surface area contributed by atoms with Crippen molar-refractivity contribution in [2.24, 2.45) is 0 Å². The molecule has 2 aromatic carbocycles. The predicted molar refractivity (Wildman–Crippen MR) is 126 cm³/mol. The number of nitrogens with zero attached hydrogens (tertiary/aromatic N) is 4. The van der Waals surface area contributed by atoms with Crippen molar-refractivity contribution >= 4 is 23.0 Å². The SMILES string of the molecule is Cc1ccc2c(c1)C1CN(C)CCC1N2C(=O)c1ccc(N2CCCCC2)c([N+](=O)[O-])c1. The van der Waals surface area contributed by atoms with Gasteiger partial charge in [0.1, 0.15) is 5.69 Å². The van der Waals surface area contributed by atoms with E-state index >= 15 is 0 Å².